The molecule has 1 N–H and O–H groups in total. The molecule has 1 aromatic rings. The van der Waals surface area contributed by atoms with E-state index in [2.05, 4.69) is 38.3 Å². The fourth-order valence-corrected chi connectivity index (χ4v) is 3.50. The second-order valence-corrected chi connectivity index (χ2v) is 6.29. The smallest absolute Gasteiger partial charge is 0.127 e. The molecule has 0 spiro atoms. The minimum atomic E-state index is 0.826. The van der Waals surface area contributed by atoms with Gasteiger partial charge in [0.2, 0.25) is 0 Å². The van der Waals surface area contributed by atoms with E-state index in [9.17, 15) is 0 Å². The van der Waals surface area contributed by atoms with Crippen molar-refractivity contribution in [3.8, 4) is 5.75 Å². The van der Waals surface area contributed by atoms with E-state index >= 15 is 0 Å². The quantitative estimate of drug-likeness (QED) is 0.842. The molecule has 1 fully saturated rings. The molecule has 0 radical (unpaired) electrons. The van der Waals surface area contributed by atoms with Gasteiger partial charge in [0.1, 0.15) is 5.75 Å². The van der Waals surface area contributed by atoms with Crippen molar-refractivity contribution in [1.29, 1.82) is 0 Å². The number of hydrogen-bond donors (Lipinski definition) is 1. The Balaban J connectivity index is 1.52. The molecule has 3 nitrogen and oxygen atoms in total. The van der Waals surface area contributed by atoms with Crippen molar-refractivity contribution in [3.05, 3.63) is 27.7 Å². The SMILES string of the molecule is Brc1cc2c(c(CNCCN3CCCC3)c1)OCC2. The Labute approximate surface area is 123 Å². The number of ether oxygens (including phenoxy) is 1. The molecule has 2 aliphatic rings. The molecule has 104 valence electrons. The number of nitrogens with zero attached hydrogens (tertiary/aromatic N) is 1. The first-order valence-corrected chi connectivity index (χ1v) is 7.99. The molecule has 2 aliphatic heterocycles. The van der Waals surface area contributed by atoms with E-state index in [0.717, 1.165) is 42.9 Å². The van der Waals surface area contributed by atoms with Crippen LogP contribution in [0, 0.1) is 0 Å². The van der Waals surface area contributed by atoms with Crippen LogP contribution in [0.3, 0.4) is 0 Å². The van der Waals surface area contributed by atoms with Crippen molar-refractivity contribution in [2.45, 2.75) is 25.8 Å². The summed E-state index contributed by atoms with van der Waals surface area (Å²) in [6.07, 6.45) is 3.77. The lowest BCUT2D eigenvalue weighted by Gasteiger charge is -2.15. The minimum Gasteiger partial charge on any atom is -0.493 e. The number of likely N-dealkylation sites (tertiary alicyclic amines) is 1. The zero-order valence-corrected chi connectivity index (χ0v) is 12.8. The highest BCUT2D eigenvalue weighted by Crippen LogP contribution is 2.32. The molecular weight excluding hydrogens is 304 g/mol. The molecule has 0 aromatic heterocycles. The summed E-state index contributed by atoms with van der Waals surface area (Å²) < 4.78 is 6.90. The molecule has 2 heterocycles. The maximum Gasteiger partial charge on any atom is 0.127 e. The zero-order valence-electron chi connectivity index (χ0n) is 11.3. The third-order valence-corrected chi connectivity index (χ3v) is 4.40. The average Bonchev–Trinajstić information content (AvgIpc) is 3.04. The second kappa shape index (κ2) is 6.25. The van der Waals surface area contributed by atoms with Crippen LogP contribution in [-0.2, 0) is 13.0 Å². The Morgan fingerprint density at radius 2 is 2.11 bits per heavy atom. The van der Waals surface area contributed by atoms with Gasteiger partial charge in [-0.2, -0.15) is 0 Å². The molecule has 0 unspecified atom stereocenters. The molecule has 0 atom stereocenters. The van der Waals surface area contributed by atoms with Gasteiger partial charge in [0.05, 0.1) is 6.61 Å². The molecule has 3 rings (SSSR count). The van der Waals surface area contributed by atoms with Crippen LogP contribution in [0.1, 0.15) is 24.0 Å². The van der Waals surface area contributed by atoms with Gasteiger partial charge in [-0.3, -0.25) is 0 Å². The molecule has 0 aliphatic carbocycles. The number of nitrogens with one attached hydrogen (secondary N) is 1. The van der Waals surface area contributed by atoms with Gasteiger partial charge in [0.15, 0.2) is 0 Å². The highest BCUT2D eigenvalue weighted by Gasteiger charge is 2.17. The van der Waals surface area contributed by atoms with Crippen LogP contribution in [-0.4, -0.2) is 37.7 Å². The summed E-state index contributed by atoms with van der Waals surface area (Å²) in [5.74, 6) is 1.11. The standard InChI is InChI=1S/C15H21BrN2O/c16-14-9-12-3-8-19-15(12)13(10-14)11-17-4-7-18-5-1-2-6-18/h9-10,17H,1-8,11H2. The lowest BCUT2D eigenvalue weighted by Crippen LogP contribution is -2.29. The lowest BCUT2D eigenvalue weighted by atomic mass is 10.1. The number of hydrogen-bond acceptors (Lipinski definition) is 3. The van der Waals surface area contributed by atoms with E-state index in [1.54, 1.807) is 0 Å². The van der Waals surface area contributed by atoms with Crippen LogP contribution in [0.5, 0.6) is 5.75 Å². The third-order valence-electron chi connectivity index (χ3n) is 3.94. The summed E-state index contributed by atoms with van der Waals surface area (Å²) in [5.41, 5.74) is 2.62. The van der Waals surface area contributed by atoms with Crippen LogP contribution in [0.25, 0.3) is 0 Å². The summed E-state index contributed by atoms with van der Waals surface area (Å²) in [4.78, 5) is 2.54. The number of benzene rings is 1. The van der Waals surface area contributed by atoms with E-state index in [1.165, 1.54) is 37.1 Å². The molecule has 19 heavy (non-hydrogen) atoms. The first kappa shape index (κ1) is 13.4. The molecule has 4 heteroatoms. The predicted octanol–water partition coefficient (Wildman–Crippen LogP) is 2.57. The molecule has 1 saturated heterocycles. The first-order valence-electron chi connectivity index (χ1n) is 7.20. The Kier molecular flexibility index (Phi) is 4.41. The Morgan fingerprint density at radius 3 is 2.95 bits per heavy atom. The Morgan fingerprint density at radius 1 is 1.26 bits per heavy atom. The first-order chi connectivity index (χ1) is 9.33. The predicted molar refractivity (Wildman–Crippen MR) is 80.7 cm³/mol. The van der Waals surface area contributed by atoms with Crippen LogP contribution in [0.15, 0.2) is 16.6 Å². The molecule has 0 bridgehead atoms. The van der Waals surface area contributed by atoms with Gasteiger partial charge < -0.3 is 15.0 Å². The maximum atomic E-state index is 5.74. The van der Waals surface area contributed by atoms with E-state index in [0.29, 0.717) is 0 Å². The average molecular weight is 325 g/mol. The van der Waals surface area contributed by atoms with Crippen molar-refractivity contribution in [1.82, 2.24) is 10.2 Å². The van der Waals surface area contributed by atoms with Gasteiger partial charge in [-0.1, -0.05) is 15.9 Å². The van der Waals surface area contributed by atoms with Gasteiger partial charge in [-0.05, 0) is 43.6 Å². The molecule has 0 amide bonds. The summed E-state index contributed by atoms with van der Waals surface area (Å²) in [7, 11) is 0. The fourth-order valence-electron chi connectivity index (χ4n) is 2.94. The van der Waals surface area contributed by atoms with Crippen LogP contribution < -0.4 is 10.1 Å². The van der Waals surface area contributed by atoms with Crippen molar-refractivity contribution in [2.75, 3.05) is 32.8 Å². The van der Waals surface area contributed by atoms with Crippen molar-refractivity contribution >= 4 is 15.9 Å². The normalized spacial score (nSPS) is 18.6. The van der Waals surface area contributed by atoms with Gasteiger partial charge in [-0.25, -0.2) is 0 Å². The van der Waals surface area contributed by atoms with Crippen molar-refractivity contribution in [3.63, 3.8) is 0 Å². The summed E-state index contributed by atoms with van der Waals surface area (Å²) in [5, 5.41) is 3.54. The van der Waals surface area contributed by atoms with Crippen LogP contribution in [0.2, 0.25) is 0 Å². The van der Waals surface area contributed by atoms with E-state index < -0.39 is 0 Å². The summed E-state index contributed by atoms with van der Waals surface area (Å²) in [6, 6.07) is 4.35. The van der Waals surface area contributed by atoms with Crippen molar-refractivity contribution < 1.29 is 4.74 Å². The largest absolute Gasteiger partial charge is 0.493 e. The summed E-state index contributed by atoms with van der Waals surface area (Å²) >= 11 is 3.59. The van der Waals surface area contributed by atoms with E-state index in [4.69, 9.17) is 4.74 Å². The van der Waals surface area contributed by atoms with Gasteiger partial charge in [-0.15, -0.1) is 0 Å². The topological polar surface area (TPSA) is 24.5 Å². The zero-order chi connectivity index (χ0) is 13.1. The molecule has 1 aromatic carbocycles. The van der Waals surface area contributed by atoms with Gasteiger partial charge in [0, 0.05) is 36.1 Å². The highest BCUT2D eigenvalue weighted by atomic mass is 79.9. The van der Waals surface area contributed by atoms with Gasteiger partial charge in [0.25, 0.3) is 0 Å². The summed E-state index contributed by atoms with van der Waals surface area (Å²) in [6.45, 7) is 6.49. The number of rotatable bonds is 5. The van der Waals surface area contributed by atoms with E-state index in [1.807, 2.05) is 0 Å². The minimum absolute atomic E-state index is 0.826. The Bertz CT molecular complexity index is 444. The maximum absolute atomic E-state index is 5.74. The Hall–Kier alpha value is -0.580. The molecule has 0 saturated carbocycles. The van der Waals surface area contributed by atoms with Crippen LogP contribution >= 0.6 is 15.9 Å². The van der Waals surface area contributed by atoms with Crippen molar-refractivity contribution in [2.24, 2.45) is 0 Å². The highest BCUT2D eigenvalue weighted by molar-refractivity contribution is 9.10. The lowest BCUT2D eigenvalue weighted by molar-refractivity contribution is 0.333. The number of halogens is 1. The number of fused-ring (bicyclic) bond motifs is 1. The third kappa shape index (κ3) is 3.30. The monoisotopic (exact) mass is 324 g/mol. The van der Waals surface area contributed by atoms with E-state index in [-0.39, 0.29) is 0 Å². The van der Waals surface area contributed by atoms with Crippen LogP contribution in [0.4, 0.5) is 0 Å². The van der Waals surface area contributed by atoms with Gasteiger partial charge >= 0.3 is 0 Å². The second-order valence-electron chi connectivity index (χ2n) is 5.38. The fraction of sp³-hybridized carbons (Fsp3) is 0.600. The molecular formula is C15H21BrN2O.